The molecule has 2 rings (SSSR count). The Morgan fingerprint density at radius 3 is 2.83 bits per heavy atom. The van der Waals surface area contributed by atoms with Crippen molar-refractivity contribution in [2.75, 3.05) is 5.32 Å². The molecule has 0 aliphatic carbocycles. The highest BCUT2D eigenvalue weighted by Gasteiger charge is 2.14. The van der Waals surface area contributed by atoms with E-state index in [4.69, 9.17) is 5.73 Å². The van der Waals surface area contributed by atoms with Crippen LogP contribution in [0.15, 0.2) is 24.3 Å². The zero-order valence-corrected chi connectivity index (χ0v) is 11.4. The minimum absolute atomic E-state index is 0.0346. The summed E-state index contributed by atoms with van der Waals surface area (Å²) in [6.45, 7) is 3.83. The molecule has 0 aliphatic rings. The molecule has 0 fully saturated rings. The molecule has 1 aromatic heterocycles. The number of hydrogen-bond acceptors (Lipinski definition) is 4. The van der Waals surface area contributed by atoms with Gasteiger partial charge in [0.15, 0.2) is 5.13 Å². The van der Waals surface area contributed by atoms with Crippen molar-refractivity contribution in [3.63, 3.8) is 0 Å². The van der Waals surface area contributed by atoms with Crippen molar-refractivity contribution >= 4 is 32.6 Å². The van der Waals surface area contributed by atoms with E-state index in [-0.39, 0.29) is 11.4 Å². The van der Waals surface area contributed by atoms with Crippen molar-refractivity contribution in [3.8, 4) is 0 Å². The Hall–Kier alpha value is -1.46. The number of nitrogens with zero attached hydrogens (tertiary/aromatic N) is 1. The molecule has 2 aromatic rings. The summed E-state index contributed by atoms with van der Waals surface area (Å²) >= 11 is 1.48. The SMILES string of the molecule is CC(C)(N)CCC(=O)Nc1nc2ccccc2s1. The second-order valence-corrected chi connectivity index (χ2v) is 6.05. The highest BCUT2D eigenvalue weighted by molar-refractivity contribution is 7.22. The number of carbonyl (C=O) groups is 1. The summed E-state index contributed by atoms with van der Waals surface area (Å²) in [4.78, 5) is 16.1. The summed E-state index contributed by atoms with van der Waals surface area (Å²) in [6.07, 6.45) is 1.07. The van der Waals surface area contributed by atoms with E-state index >= 15 is 0 Å². The van der Waals surface area contributed by atoms with E-state index in [1.54, 1.807) is 0 Å². The molecule has 1 amide bonds. The third-order valence-electron chi connectivity index (χ3n) is 2.54. The molecule has 0 spiro atoms. The second kappa shape index (κ2) is 5.04. The fourth-order valence-corrected chi connectivity index (χ4v) is 2.43. The minimum atomic E-state index is -0.315. The van der Waals surface area contributed by atoms with E-state index in [0.29, 0.717) is 18.0 Å². The molecule has 0 saturated heterocycles. The second-order valence-electron chi connectivity index (χ2n) is 5.02. The number of para-hydroxylation sites is 1. The van der Waals surface area contributed by atoms with Gasteiger partial charge in [0.2, 0.25) is 5.91 Å². The average Bonchev–Trinajstić information content (AvgIpc) is 2.67. The van der Waals surface area contributed by atoms with Crippen molar-refractivity contribution in [1.29, 1.82) is 0 Å². The number of amides is 1. The van der Waals surface area contributed by atoms with E-state index in [1.807, 2.05) is 38.1 Å². The first kappa shape index (κ1) is 13.0. The van der Waals surface area contributed by atoms with Gasteiger partial charge in [0.05, 0.1) is 10.2 Å². The average molecular weight is 263 g/mol. The number of benzene rings is 1. The lowest BCUT2D eigenvalue weighted by Gasteiger charge is -2.17. The lowest BCUT2D eigenvalue weighted by molar-refractivity contribution is -0.116. The largest absolute Gasteiger partial charge is 0.326 e. The van der Waals surface area contributed by atoms with Gasteiger partial charge < -0.3 is 11.1 Å². The van der Waals surface area contributed by atoms with Crippen LogP contribution < -0.4 is 11.1 Å². The normalized spacial score (nSPS) is 11.7. The number of nitrogens with two attached hydrogens (primary N) is 1. The first-order valence-electron chi connectivity index (χ1n) is 5.88. The van der Waals surface area contributed by atoms with Crippen molar-refractivity contribution in [2.24, 2.45) is 5.73 Å². The number of hydrogen-bond donors (Lipinski definition) is 2. The number of anilines is 1. The van der Waals surface area contributed by atoms with Crippen molar-refractivity contribution in [1.82, 2.24) is 4.98 Å². The fraction of sp³-hybridized carbons (Fsp3) is 0.385. The smallest absolute Gasteiger partial charge is 0.226 e. The highest BCUT2D eigenvalue weighted by atomic mass is 32.1. The Labute approximate surface area is 110 Å². The molecular formula is C13H17N3OS. The molecule has 0 saturated carbocycles. The number of aromatic nitrogens is 1. The van der Waals surface area contributed by atoms with Gasteiger partial charge in [0.1, 0.15) is 0 Å². The van der Waals surface area contributed by atoms with Crippen molar-refractivity contribution < 1.29 is 4.79 Å². The van der Waals surface area contributed by atoms with E-state index in [1.165, 1.54) is 11.3 Å². The van der Waals surface area contributed by atoms with Crippen LogP contribution in [0.25, 0.3) is 10.2 Å². The van der Waals surface area contributed by atoms with Crippen LogP contribution in [0.5, 0.6) is 0 Å². The molecule has 0 bridgehead atoms. The maximum absolute atomic E-state index is 11.7. The molecule has 3 N–H and O–H groups in total. The standard InChI is InChI=1S/C13H17N3OS/c1-13(2,14)8-7-11(17)16-12-15-9-5-3-4-6-10(9)18-12/h3-6H,7-8,14H2,1-2H3,(H,15,16,17). The molecule has 0 radical (unpaired) electrons. The van der Waals surface area contributed by atoms with Gasteiger partial charge in [-0.05, 0) is 32.4 Å². The Kier molecular flexibility index (Phi) is 3.63. The van der Waals surface area contributed by atoms with Gasteiger partial charge in [-0.1, -0.05) is 23.5 Å². The van der Waals surface area contributed by atoms with E-state index < -0.39 is 0 Å². The molecule has 4 nitrogen and oxygen atoms in total. The quantitative estimate of drug-likeness (QED) is 0.891. The molecule has 96 valence electrons. The number of nitrogens with one attached hydrogen (secondary N) is 1. The zero-order valence-electron chi connectivity index (χ0n) is 10.6. The van der Waals surface area contributed by atoms with Gasteiger partial charge in [-0.25, -0.2) is 4.98 Å². The maximum Gasteiger partial charge on any atom is 0.226 e. The summed E-state index contributed by atoms with van der Waals surface area (Å²) in [5.74, 6) is -0.0346. The van der Waals surface area contributed by atoms with Crippen LogP contribution in [0.2, 0.25) is 0 Å². The Bertz CT molecular complexity index is 524. The number of fused-ring (bicyclic) bond motifs is 1. The number of thiazole rings is 1. The lowest BCUT2D eigenvalue weighted by atomic mass is 10.00. The molecule has 0 atom stereocenters. The third kappa shape index (κ3) is 3.51. The van der Waals surface area contributed by atoms with Gasteiger partial charge in [-0.15, -0.1) is 0 Å². The first-order chi connectivity index (χ1) is 8.44. The summed E-state index contributed by atoms with van der Waals surface area (Å²) in [7, 11) is 0. The maximum atomic E-state index is 11.7. The zero-order chi connectivity index (χ0) is 13.2. The van der Waals surface area contributed by atoms with Gasteiger partial charge in [0.25, 0.3) is 0 Å². The van der Waals surface area contributed by atoms with Crippen LogP contribution in [0.1, 0.15) is 26.7 Å². The number of rotatable bonds is 4. The summed E-state index contributed by atoms with van der Waals surface area (Å²) in [5.41, 5.74) is 6.44. The van der Waals surface area contributed by atoms with Gasteiger partial charge in [-0.3, -0.25) is 4.79 Å². The van der Waals surface area contributed by atoms with Crippen LogP contribution in [-0.2, 0) is 4.79 Å². The van der Waals surface area contributed by atoms with E-state index in [0.717, 1.165) is 10.2 Å². The molecule has 18 heavy (non-hydrogen) atoms. The van der Waals surface area contributed by atoms with E-state index in [9.17, 15) is 4.79 Å². The first-order valence-corrected chi connectivity index (χ1v) is 6.70. The summed E-state index contributed by atoms with van der Waals surface area (Å²) < 4.78 is 1.08. The predicted molar refractivity (Wildman–Crippen MR) is 75.8 cm³/mol. The molecule has 1 heterocycles. The number of carbonyl (C=O) groups excluding carboxylic acids is 1. The topological polar surface area (TPSA) is 68.0 Å². The van der Waals surface area contributed by atoms with Crippen molar-refractivity contribution in [3.05, 3.63) is 24.3 Å². The van der Waals surface area contributed by atoms with Crippen molar-refractivity contribution in [2.45, 2.75) is 32.2 Å². The van der Waals surface area contributed by atoms with Crippen LogP contribution in [0.4, 0.5) is 5.13 Å². The molecule has 5 heteroatoms. The van der Waals surface area contributed by atoms with Gasteiger partial charge >= 0.3 is 0 Å². The Morgan fingerprint density at radius 1 is 1.44 bits per heavy atom. The highest BCUT2D eigenvalue weighted by Crippen LogP contribution is 2.25. The Balaban J connectivity index is 1.99. The molecule has 0 aliphatic heterocycles. The van der Waals surface area contributed by atoms with Crippen LogP contribution in [-0.4, -0.2) is 16.4 Å². The minimum Gasteiger partial charge on any atom is -0.326 e. The summed E-state index contributed by atoms with van der Waals surface area (Å²) in [5, 5.41) is 3.47. The van der Waals surface area contributed by atoms with Gasteiger partial charge in [0, 0.05) is 12.0 Å². The fourth-order valence-electron chi connectivity index (χ4n) is 1.54. The predicted octanol–water partition coefficient (Wildman–Crippen LogP) is 2.75. The van der Waals surface area contributed by atoms with E-state index in [2.05, 4.69) is 10.3 Å². The van der Waals surface area contributed by atoms with Gasteiger partial charge in [-0.2, -0.15) is 0 Å². The third-order valence-corrected chi connectivity index (χ3v) is 3.49. The van der Waals surface area contributed by atoms with Crippen LogP contribution >= 0.6 is 11.3 Å². The molecular weight excluding hydrogens is 246 g/mol. The van der Waals surface area contributed by atoms with Crippen LogP contribution in [0, 0.1) is 0 Å². The molecule has 0 unspecified atom stereocenters. The molecule has 1 aromatic carbocycles. The lowest BCUT2D eigenvalue weighted by Crippen LogP contribution is -2.33. The Morgan fingerprint density at radius 2 is 2.17 bits per heavy atom. The van der Waals surface area contributed by atoms with Crippen LogP contribution in [0.3, 0.4) is 0 Å². The summed E-state index contributed by atoms with van der Waals surface area (Å²) in [6, 6.07) is 7.82. The monoisotopic (exact) mass is 263 g/mol.